The Balaban J connectivity index is 2.23. The monoisotopic (exact) mass is 309 g/mol. The van der Waals surface area contributed by atoms with Crippen LogP contribution in [0.3, 0.4) is 0 Å². The van der Waals surface area contributed by atoms with Crippen molar-refractivity contribution in [1.29, 1.82) is 0 Å². The summed E-state index contributed by atoms with van der Waals surface area (Å²) in [6.07, 6.45) is 4.66. The number of ether oxygens (including phenoxy) is 2. The van der Waals surface area contributed by atoms with Crippen molar-refractivity contribution in [1.82, 2.24) is 0 Å². The Hall–Kier alpha value is -1.59. The molecule has 0 aliphatic rings. The van der Waals surface area contributed by atoms with Gasteiger partial charge in [0, 0.05) is 6.61 Å². The topological polar surface area (TPSA) is 54.0 Å². The standard InChI is InChI=1S/C17H25O5/c1-3-5-6-7-12-20-16-10-8-15(9-11-16)17(18)22-21-14-13-19-4-2/h8-11,14H,3-7,12-13H2,1-2H3. The summed E-state index contributed by atoms with van der Waals surface area (Å²) in [6, 6.07) is 6.80. The molecule has 1 radical (unpaired) electrons. The van der Waals surface area contributed by atoms with Gasteiger partial charge >= 0.3 is 5.97 Å². The van der Waals surface area contributed by atoms with Gasteiger partial charge in [-0.25, -0.2) is 4.79 Å². The molecule has 0 amide bonds. The molecule has 0 aliphatic carbocycles. The van der Waals surface area contributed by atoms with E-state index < -0.39 is 5.97 Å². The number of unbranched alkanes of at least 4 members (excludes halogenated alkanes) is 3. The van der Waals surface area contributed by atoms with Crippen LogP contribution in [0.5, 0.6) is 5.75 Å². The number of rotatable bonds is 12. The first-order chi connectivity index (χ1) is 10.8. The fourth-order valence-corrected chi connectivity index (χ4v) is 1.73. The quantitative estimate of drug-likeness (QED) is 0.332. The van der Waals surface area contributed by atoms with E-state index in [0.717, 1.165) is 12.2 Å². The van der Waals surface area contributed by atoms with Gasteiger partial charge in [-0.05, 0) is 37.6 Å². The average Bonchev–Trinajstić information content (AvgIpc) is 2.55. The van der Waals surface area contributed by atoms with Crippen molar-refractivity contribution in [2.24, 2.45) is 0 Å². The van der Waals surface area contributed by atoms with Gasteiger partial charge in [0.05, 0.1) is 18.8 Å². The molecule has 5 nitrogen and oxygen atoms in total. The van der Waals surface area contributed by atoms with Crippen molar-refractivity contribution in [3.63, 3.8) is 0 Å². The zero-order chi connectivity index (χ0) is 16.0. The lowest BCUT2D eigenvalue weighted by Gasteiger charge is -2.07. The third-order valence-electron chi connectivity index (χ3n) is 2.94. The average molecular weight is 309 g/mol. The van der Waals surface area contributed by atoms with Crippen molar-refractivity contribution in [2.45, 2.75) is 39.5 Å². The summed E-state index contributed by atoms with van der Waals surface area (Å²) in [5, 5.41) is 0. The third kappa shape index (κ3) is 8.00. The number of hydrogen-bond donors (Lipinski definition) is 0. The Kier molecular flexibility index (Phi) is 10.1. The van der Waals surface area contributed by atoms with E-state index in [2.05, 4.69) is 16.7 Å². The molecule has 1 rings (SSSR count). The summed E-state index contributed by atoms with van der Waals surface area (Å²) in [7, 11) is 0. The predicted molar refractivity (Wildman–Crippen MR) is 83.4 cm³/mol. The molecule has 0 unspecified atom stereocenters. The van der Waals surface area contributed by atoms with Crippen LogP contribution in [0.1, 0.15) is 49.9 Å². The Bertz CT molecular complexity index is 402. The molecule has 5 heteroatoms. The molecule has 0 spiro atoms. The van der Waals surface area contributed by atoms with Crippen LogP contribution in [0, 0.1) is 6.61 Å². The zero-order valence-electron chi connectivity index (χ0n) is 13.4. The molecule has 0 heterocycles. The van der Waals surface area contributed by atoms with Gasteiger partial charge in [0.25, 0.3) is 0 Å². The van der Waals surface area contributed by atoms with E-state index in [4.69, 9.17) is 9.47 Å². The maximum atomic E-state index is 11.7. The van der Waals surface area contributed by atoms with Crippen molar-refractivity contribution in [2.75, 3.05) is 19.8 Å². The van der Waals surface area contributed by atoms with Crippen LogP contribution in [0.25, 0.3) is 0 Å². The summed E-state index contributed by atoms with van der Waals surface area (Å²) in [5.41, 5.74) is 0.406. The second kappa shape index (κ2) is 12.0. The number of carbonyl (C=O) groups is 1. The highest BCUT2D eigenvalue weighted by atomic mass is 17.2. The predicted octanol–water partition coefficient (Wildman–Crippen LogP) is 3.93. The van der Waals surface area contributed by atoms with Crippen LogP contribution < -0.4 is 4.74 Å². The minimum atomic E-state index is -0.553. The van der Waals surface area contributed by atoms with E-state index in [-0.39, 0.29) is 6.61 Å². The Morgan fingerprint density at radius 1 is 1.09 bits per heavy atom. The first kappa shape index (κ1) is 18.5. The van der Waals surface area contributed by atoms with Gasteiger partial charge in [-0.1, -0.05) is 26.2 Å². The fourth-order valence-electron chi connectivity index (χ4n) is 1.73. The van der Waals surface area contributed by atoms with Crippen LogP contribution in [-0.2, 0) is 14.5 Å². The zero-order valence-corrected chi connectivity index (χ0v) is 13.4. The fraction of sp³-hybridized carbons (Fsp3) is 0.529. The second-order valence-corrected chi connectivity index (χ2v) is 4.73. The largest absolute Gasteiger partial charge is 0.494 e. The number of hydrogen-bond acceptors (Lipinski definition) is 5. The van der Waals surface area contributed by atoms with Crippen LogP contribution >= 0.6 is 0 Å². The summed E-state index contributed by atoms with van der Waals surface area (Å²) in [4.78, 5) is 21.0. The highest BCUT2D eigenvalue weighted by Crippen LogP contribution is 2.14. The molecule has 1 aromatic rings. The highest BCUT2D eigenvalue weighted by Gasteiger charge is 2.08. The lowest BCUT2D eigenvalue weighted by Crippen LogP contribution is -2.07. The highest BCUT2D eigenvalue weighted by molar-refractivity contribution is 5.89. The van der Waals surface area contributed by atoms with Gasteiger partial charge < -0.3 is 9.47 Å². The molecule has 0 aliphatic heterocycles. The summed E-state index contributed by atoms with van der Waals surface area (Å²) < 4.78 is 10.6. The van der Waals surface area contributed by atoms with Gasteiger partial charge in [0.1, 0.15) is 5.75 Å². The number of benzene rings is 1. The van der Waals surface area contributed by atoms with Gasteiger partial charge in [0.15, 0.2) is 6.61 Å². The van der Waals surface area contributed by atoms with E-state index in [0.29, 0.717) is 18.8 Å². The van der Waals surface area contributed by atoms with E-state index in [1.54, 1.807) is 24.3 Å². The Morgan fingerprint density at radius 3 is 2.55 bits per heavy atom. The maximum Gasteiger partial charge on any atom is 0.373 e. The molecule has 22 heavy (non-hydrogen) atoms. The van der Waals surface area contributed by atoms with Gasteiger partial charge in [0.2, 0.25) is 0 Å². The molecular weight excluding hydrogens is 284 g/mol. The summed E-state index contributed by atoms with van der Waals surface area (Å²) >= 11 is 0. The van der Waals surface area contributed by atoms with Crippen molar-refractivity contribution in [3.8, 4) is 5.75 Å². The van der Waals surface area contributed by atoms with Crippen LogP contribution in [0.2, 0.25) is 0 Å². The lowest BCUT2D eigenvalue weighted by atomic mass is 10.2. The molecule has 123 valence electrons. The molecule has 0 saturated carbocycles. The SMILES string of the molecule is CCCCCCOc1ccc(C(=O)OO[CH]COCC)cc1. The molecule has 0 atom stereocenters. The van der Waals surface area contributed by atoms with Crippen molar-refractivity contribution in [3.05, 3.63) is 36.4 Å². The second-order valence-electron chi connectivity index (χ2n) is 4.73. The lowest BCUT2D eigenvalue weighted by molar-refractivity contribution is -0.218. The Labute approximate surface area is 132 Å². The first-order valence-corrected chi connectivity index (χ1v) is 7.77. The number of carbonyl (C=O) groups excluding carboxylic acids is 1. The smallest absolute Gasteiger partial charge is 0.373 e. The van der Waals surface area contributed by atoms with E-state index in [1.165, 1.54) is 25.9 Å². The molecule has 1 aromatic carbocycles. The van der Waals surface area contributed by atoms with Gasteiger partial charge in [-0.3, -0.25) is 4.89 Å². The van der Waals surface area contributed by atoms with Gasteiger partial charge in [-0.2, -0.15) is 4.89 Å². The Morgan fingerprint density at radius 2 is 1.86 bits per heavy atom. The van der Waals surface area contributed by atoms with Crippen LogP contribution in [-0.4, -0.2) is 25.8 Å². The molecular formula is C17H25O5. The maximum absolute atomic E-state index is 11.7. The third-order valence-corrected chi connectivity index (χ3v) is 2.94. The van der Waals surface area contributed by atoms with Crippen molar-refractivity contribution >= 4 is 5.97 Å². The van der Waals surface area contributed by atoms with Crippen molar-refractivity contribution < 1.29 is 24.0 Å². The minimum Gasteiger partial charge on any atom is -0.494 e. The van der Waals surface area contributed by atoms with Crippen LogP contribution in [0.4, 0.5) is 0 Å². The minimum absolute atomic E-state index is 0.272. The molecule has 0 N–H and O–H groups in total. The van der Waals surface area contributed by atoms with E-state index in [9.17, 15) is 4.79 Å². The molecule has 0 fully saturated rings. The summed E-state index contributed by atoms with van der Waals surface area (Å²) in [6.45, 7) is 6.88. The van der Waals surface area contributed by atoms with E-state index in [1.807, 2.05) is 6.92 Å². The van der Waals surface area contributed by atoms with Crippen LogP contribution in [0.15, 0.2) is 24.3 Å². The molecule has 0 bridgehead atoms. The summed E-state index contributed by atoms with van der Waals surface area (Å²) in [5.74, 6) is 0.194. The first-order valence-electron chi connectivity index (χ1n) is 7.77. The van der Waals surface area contributed by atoms with E-state index >= 15 is 0 Å². The normalized spacial score (nSPS) is 10.5. The molecule has 0 aromatic heterocycles. The van der Waals surface area contributed by atoms with Gasteiger partial charge in [-0.15, -0.1) is 0 Å². The molecule has 0 saturated heterocycles.